The molecule has 1 aliphatic rings. The molecule has 1 unspecified atom stereocenters. The topological polar surface area (TPSA) is 12.0 Å². The van der Waals surface area contributed by atoms with Crippen LogP contribution in [0.5, 0.6) is 0 Å². The minimum Gasteiger partial charge on any atom is -0.380 e. The van der Waals surface area contributed by atoms with Crippen LogP contribution in [0.1, 0.15) is 39.0 Å². The second-order valence-electron chi connectivity index (χ2n) is 3.49. The van der Waals surface area contributed by atoms with Crippen LogP contribution in [-0.2, 0) is 0 Å². The summed E-state index contributed by atoms with van der Waals surface area (Å²) in [4.78, 5) is 1.07. The molecule has 1 aliphatic heterocycles. The average molecular weight is 171 g/mol. The molecule has 1 fully saturated rings. The molecule has 2 heteroatoms. The van der Waals surface area contributed by atoms with Gasteiger partial charge in [-0.15, -0.1) is 0 Å². The lowest BCUT2D eigenvalue weighted by Crippen LogP contribution is -2.22. The molecule has 0 spiro atoms. The molecule has 1 heterocycles. The van der Waals surface area contributed by atoms with Crippen molar-refractivity contribution >= 4 is 17.2 Å². The number of hydrogen-bond donors (Lipinski definition) is 1. The Morgan fingerprint density at radius 3 is 3.00 bits per heavy atom. The molecule has 1 N–H and O–H groups in total. The van der Waals surface area contributed by atoms with Crippen LogP contribution in [0, 0.1) is 5.92 Å². The van der Waals surface area contributed by atoms with E-state index in [4.69, 9.17) is 12.2 Å². The van der Waals surface area contributed by atoms with Gasteiger partial charge in [-0.3, -0.25) is 0 Å². The van der Waals surface area contributed by atoms with Crippen LogP contribution in [0.4, 0.5) is 0 Å². The van der Waals surface area contributed by atoms with Crippen LogP contribution < -0.4 is 5.32 Å². The summed E-state index contributed by atoms with van der Waals surface area (Å²) in [6, 6.07) is 0. The lowest BCUT2D eigenvalue weighted by molar-refractivity contribution is 0.476. The molecule has 0 radical (unpaired) electrons. The van der Waals surface area contributed by atoms with E-state index >= 15 is 0 Å². The van der Waals surface area contributed by atoms with Crippen LogP contribution >= 0.6 is 12.2 Å². The number of thiocarbonyl (C=S) groups is 1. The monoisotopic (exact) mass is 171 g/mol. The van der Waals surface area contributed by atoms with Gasteiger partial charge in [0.15, 0.2) is 0 Å². The number of nitrogens with one attached hydrogen (secondary N) is 1. The highest BCUT2D eigenvalue weighted by molar-refractivity contribution is 7.80. The highest BCUT2D eigenvalue weighted by Crippen LogP contribution is 2.14. The first-order valence-corrected chi connectivity index (χ1v) is 4.96. The first-order valence-electron chi connectivity index (χ1n) is 4.56. The van der Waals surface area contributed by atoms with E-state index in [-0.39, 0.29) is 0 Å². The van der Waals surface area contributed by atoms with Gasteiger partial charge >= 0.3 is 0 Å². The molecule has 0 aromatic carbocycles. The molecule has 0 aromatic rings. The molecule has 0 aromatic heterocycles. The van der Waals surface area contributed by atoms with Crippen LogP contribution in [-0.4, -0.2) is 11.5 Å². The maximum atomic E-state index is 5.14. The van der Waals surface area contributed by atoms with Crippen LogP contribution in [0.3, 0.4) is 0 Å². The summed E-state index contributed by atoms with van der Waals surface area (Å²) in [7, 11) is 0. The van der Waals surface area contributed by atoms with Crippen LogP contribution in [0.15, 0.2) is 0 Å². The highest BCUT2D eigenvalue weighted by atomic mass is 32.1. The lowest BCUT2D eigenvalue weighted by atomic mass is 10.0. The zero-order valence-electron chi connectivity index (χ0n) is 7.23. The quantitative estimate of drug-likeness (QED) is 0.562. The molecule has 0 aliphatic carbocycles. The van der Waals surface area contributed by atoms with Gasteiger partial charge in [-0.05, 0) is 25.2 Å². The van der Waals surface area contributed by atoms with E-state index in [0.717, 1.165) is 23.9 Å². The van der Waals surface area contributed by atoms with Gasteiger partial charge in [0.2, 0.25) is 0 Å². The predicted molar refractivity (Wildman–Crippen MR) is 52.8 cm³/mol. The Labute approximate surface area is 74.6 Å². The normalized spacial score (nSPS) is 28.1. The Balaban J connectivity index is 2.29. The second kappa shape index (κ2) is 4.70. The summed E-state index contributed by atoms with van der Waals surface area (Å²) in [5.74, 6) is 0.878. The zero-order valence-corrected chi connectivity index (χ0v) is 8.04. The van der Waals surface area contributed by atoms with Crippen molar-refractivity contribution in [1.29, 1.82) is 0 Å². The second-order valence-corrected chi connectivity index (χ2v) is 3.98. The third-order valence-electron chi connectivity index (χ3n) is 2.31. The molecule has 64 valence electrons. The Hall–Kier alpha value is -0.110. The van der Waals surface area contributed by atoms with Gasteiger partial charge in [0.25, 0.3) is 0 Å². The largest absolute Gasteiger partial charge is 0.380 e. The summed E-state index contributed by atoms with van der Waals surface area (Å²) in [5, 5.41) is 3.29. The maximum Gasteiger partial charge on any atom is 0.0753 e. The Morgan fingerprint density at radius 1 is 1.36 bits per heavy atom. The molecule has 0 amide bonds. The van der Waals surface area contributed by atoms with Crippen molar-refractivity contribution in [3.8, 4) is 0 Å². The Morgan fingerprint density at radius 2 is 2.18 bits per heavy atom. The van der Waals surface area contributed by atoms with Gasteiger partial charge < -0.3 is 5.32 Å². The lowest BCUT2D eigenvalue weighted by Gasteiger charge is -2.08. The zero-order chi connectivity index (χ0) is 8.10. The molecule has 0 saturated carbocycles. The molecule has 1 nitrogen and oxygen atoms in total. The maximum absolute atomic E-state index is 5.14. The van der Waals surface area contributed by atoms with Gasteiger partial charge in [0.05, 0.1) is 4.99 Å². The smallest absolute Gasteiger partial charge is 0.0753 e. The number of rotatable bonds is 0. The van der Waals surface area contributed by atoms with Gasteiger partial charge in [0.1, 0.15) is 0 Å². The average Bonchev–Trinajstić information content (AvgIpc) is 2.04. The van der Waals surface area contributed by atoms with Gasteiger partial charge in [-0.1, -0.05) is 32.0 Å². The molecule has 1 atom stereocenters. The van der Waals surface area contributed by atoms with Gasteiger partial charge in [-0.2, -0.15) is 0 Å². The van der Waals surface area contributed by atoms with Crippen molar-refractivity contribution < 1.29 is 0 Å². The van der Waals surface area contributed by atoms with Crippen molar-refractivity contribution in [2.45, 2.75) is 39.0 Å². The summed E-state index contributed by atoms with van der Waals surface area (Å²) in [5.41, 5.74) is 0. The summed E-state index contributed by atoms with van der Waals surface area (Å²) in [6.07, 6.45) is 6.38. The SMILES string of the molecule is CC1CCCCC(=S)NCC1. The van der Waals surface area contributed by atoms with Gasteiger partial charge in [0, 0.05) is 6.54 Å². The molecule has 1 saturated heterocycles. The summed E-state index contributed by atoms with van der Waals surface area (Å²) in [6.45, 7) is 3.41. The molecule has 11 heavy (non-hydrogen) atoms. The first-order chi connectivity index (χ1) is 5.29. The Bertz CT molecular complexity index is 134. The number of hydrogen-bond acceptors (Lipinski definition) is 1. The van der Waals surface area contributed by atoms with Crippen molar-refractivity contribution in [1.82, 2.24) is 5.32 Å². The van der Waals surface area contributed by atoms with E-state index in [1.54, 1.807) is 0 Å². The van der Waals surface area contributed by atoms with Crippen molar-refractivity contribution in [2.24, 2.45) is 5.92 Å². The van der Waals surface area contributed by atoms with Crippen molar-refractivity contribution in [3.05, 3.63) is 0 Å². The van der Waals surface area contributed by atoms with E-state index in [9.17, 15) is 0 Å². The van der Waals surface area contributed by atoms with E-state index < -0.39 is 0 Å². The fourth-order valence-electron chi connectivity index (χ4n) is 1.47. The van der Waals surface area contributed by atoms with E-state index in [1.807, 2.05) is 0 Å². The van der Waals surface area contributed by atoms with E-state index in [2.05, 4.69) is 12.2 Å². The molecule has 1 rings (SSSR count). The van der Waals surface area contributed by atoms with Crippen molar-refractivity contribution in [2.75, 3.05) is 6.54 Å². The first kappa shape index (κ1) is 8.98. The summed E-state index contributed by atoms with van der Waals surface area (Å²) >= 11 is 5.14. The predicted octanol–water partition coefficient (Wildman–Crippen LogP) is 2.50. The van der Waals surface area contributed by atoms with Crippen LogP contribution in [0.25, 0.3) is 0 Å². The fraction of sp³-hybridized carbons (Fsp3) is 0.889. The fourth-order valence-corrected chi connectivity index (χ4v) is 1.72. The Kier molecular flexibility index (Phi) is 3.84. The molecular weight excluding hydrogens is 154 g/mol. The molecular formula is C9H17NS. The third-order valence-corrected chi connectivity index (χ3v) is 2.66. The van der Waals surface area contributed by atoms with Gasteiger partial charge in [-0.25, -0.2) is 0 Å². The van der Waals surface area contributed by atoms with Crippen molar-refractivity contribution in [3.63, 3.8) is 0 Å². The standard InChI is InChI=1S/C9H17NS/c1-8-4-2-3-5-9(11)10-7-6-8/h8H,2-7H2,1H3,(H,10,11). The molecule has 0 bridgehead atoms. The van der Waals surface area contributed by atoms with Crippen LogP contribution in [0.2, 0.25) is 0 Å². The van der Waals surface area contributed by atoms with E-state index in [0.29, 0.717) is 0 Å². The van der Waals surface area contributed by atoms with E-state index in [1.165, 1.54) is 25.7 Å². The minimum atomic E-state index is 0.878. The highest BCUT2D eigenvalue weighted by Gasteiger charge is 2.05. The summed E-state index contributed by atoms with van der Waals surface area (Å²) < 4.78 is 0. The minimum absolute atomic E-state index is 0.878. The third kappa shape index (κ3) is 3.71.